The normalized spacial score (nSPS) is 17.2. The van der Waals surface area contributed by atoms with E-state index in [1.54, 1.807) is 0 Å². The van der Waals surface area contributed by atoms with E-state index >= 15 is 0 Å². The molecule has 0 amide bonds. The predicted octanol–water partition coefficient (Wildman–Crippen LogP) is 2.34. The van der Waals surface area contributed by atoms with Crippen LogP contribution in [0, 0.1) is 6.92 Å². The van der Waals surface area contributed by atoms with E-state index in [0.29, 0.717) is 6.04 Å². The molecule has 1 aromatic rings. The van der Waals surface area contributed by atoms with Crippen LogP contribution in [-0.4, -0.2) is 43.4 Å². The van der Waals surface area contributed by atoms with Gasteiger partial charge < -0.3 is 4.90 Å². The second kappa shape index (κ2) is 5.53. The van der Waals surface area contributed by atoms with Crippen molar-refractivity contribution in [2.45, 2.75) is 26.8 Å². The minimum atomic E-state index is 0.607. The first-order valence-corrected chi connectivity index (χ1v) is 6.66. The Balaban J connectivity index is 2.12. The third kappa shape index (κ3) is 2.72. The number of piperazine rings is 1. The summed E-state index contributed by atoms with van der Waals surface area (Å²) in [6.45, 7) is 10.6. The van der Waals surface area contributed by atoms with Crippen LogP contribution in [0.3, 0.4) is 0 Å². The smallest absolute Gasteiger partial charge is 0.152 e. The van der Waals surface area contributed by atoms with Gasteiger partial charge in [-0.05, 0) is 32.9 Å². The molecule has 0 unspecified atom stereocenters. The molecule has 1 fully saturated rings. The summed E-state index contributed by atoms with van der Waals surface area (Å²) in [5, 5.41) is 0. The number of aldehydes is 1. The van der Waals surface area contributed by atoms with Crippen molar-refractivity contribution in [3.8, 4) is 0 Å². The molecule has 0 aliphatic carbocycles. The van der Waals surface area contributed by atoms with Crippen LogP contribution in [0.2, 0.25) is 0 Å². The number of nitrogens with zero attached hydrogens (tertiary/aromatic N) is 2. The third-order valence-electron chi connectivity index (χ3n) is 3.70. The van der Waals surface area contributed by atoms with Crippen molar-refractivity contribution in [1.82, 2.24) is 4.90 Å². The molecule has 3 nitrogen and oxygen atoms in total. The minimum absolute atomic E-state index is 0.607. The van der Waals surface area contributed by atoms with Crippen molar-refractivity contribution in [3.63, 3.8) is 0 Å². The molecule has 1 aromatic carbocycles. The number of carbonyl (C=O) groups is 1. The summed E-state index contributed by atoms with van der Waals surface area (Å²) in [7, 11) is 0. The Morgan fingerprint density at radius 3 is 2.39 bits per heavy atom. The highest BCUT2D eigenvalue weighted by Gasteiger charge is 2.20. The molecule has 0 saturated carbocycles. The first-order chi connectivity index (χ1) is 8.61. The van der Waals surface area contributed by atoms with Crippen LogP contribution in [-0.2, 0) is 0 Å². The summed E-state index contributed by atoms with van der Waals surface area (Å²) in [5.41, 5.74) is 3.04. The van der Waals surface area contributed by atoms with E-state index in [0.717, 1.165) is 49.3 Å². The average Bonchev–Trinajstić information content (AvgIpc) is 2.38. The highest BCUT2D eigenvalue weighted by molar-refractivity contribution is 5.85. The molecule has 0 aromatic heterocycles. The number of benzene rings is 1. The van der Waals surface area contributed by atoms with Crippen molar-refractivity contribution in [1.29, 1.82) is 0 Å². The van der Waals surface area contributed by atoms with E-state index < -0.39 is 0 Å². The first kappa shape index (κ1) is 13.1. The highest BCUT2D eigenvalue weighted by Crippen LogP contribution is 2.22. The van der Waals surface area contributed by atoms with Crippen LogP contribution in [0.25, 0.3) is 0 Å². The third-order valence-corrected chi connectivity index (χ3v) is 3.70. The maximum Gasteiger partial charge on any atom is 0.152 e. The topological polar surface area (TPSA) is 23.6 Å². The standard InChI is InChI=1S/C15H22N2O/c1-12(2)16-6-8-17(9-7-16)15-5-4-13(3)10-14(15)11-18/h4-5,10-12H,6-9H2,1-3H3. The highest BCUT2D eigenvalue weighted by atomic mass is 16.1. The van der Waals surface area contributed by atoms with Crippen LogP contribution >= 0.6 is 0 Å². The summed E-state index contributed by atoms with van der Waals surface area (Å²) < 4.78 is 0. The molecule has 18 heavy (non-hydrogen) atoms. The van der Waals surface area contributed by atoms with Gasteiger partial charge in [-0.2, -0.15) is 0 Å². The molecule has 0 radical (unpaired) electrons. The van der Waals surface area contributed by atoms with E-state index in [2.05, 4.69) is 35.8 Å². The number of aryl methyl sites for hydroxylation is 1. The Labute approximate surface area is 109 Å². The van der Waals surface area contributed by atoms with Gasteiger partial charge >= 0.3 is 0 Å². The molecule has 0 atom stereocenters. The zero-order valence-electron chi connectivity index (χ0n) is 11.5. The van der Waals surface area contributed by atoms with Crippen LogP contribution in [0.15, 0.2) is 18.2 Å². The number of hydrogen-bond donors (Lipinski definition) is 0. The van der Waals surface area contributed by atoms with Crippen molar-refractivity contribution < 1.29 is 4.79 Å². The Morgan fingerprint density at radius 1 is 1.17 bits per heavy atom. The lowest BCUT2D eigenvalue weighted by Crippen LogP contribution is -2.49. The number of anilines is 1. The minimum Gasteiger partial charge on any atom is -0.368 e. The largest absolute Gasteiger partial charge is 0.368 e. The Bertz CT molecular complexity index is 421. The van der Waals surface area contributed by atoms with Crippen LogP contribution in [0.1, 0.15) is 29.8 Å². The Hall–Kier alpha value is -1.35. The molecule has 1 aliphatic heterocycles. The van der Waals surface area contributed by atoms with Gasteiger partial charge in [-0.25, -0.2) is 0 Å². The van der Waals surface area contributed by atoms with E-state index in [9.17, 15) is 4.79 Å². The molecular weight excluding hydrogens is 224 g/mol. The molecule has 0 N–H and O–H groups in total. The summed E-state index contributed by atoms with van der Waals surface area (Å²) in [4.78, 5) is 16.0. The van der Waals surface area contributed by atoms with Crippen LogP contribution in [0.5, 0.6) is 0 Å². The zero-order valence-corrected chi connectivity index (χ0v) is 11.5. The first-order valence-electron chi connectivity index (χ1n) is 6.66. The molecule has 0 spiro atoms. The van der Waals surface area contributed by atoms with Gasteiger partial charge in [0.2, 0.25) is 0 Å². The van der Waals surface area contributed by atoms with E-state index in [4.69, 9.17) is 0 Å². The fourth-order valence-electron chi connectivity index (χ4n) is 2.54. The number of hydrogen-bond acceptors (Lipinski definition) is 3. The molecule has 0 bridgehead atoms. The van der Waals surface area contributed by atoms with Crippen LogP contribution < -0.4 is 4.90 Å². The fourth-order valence-corrected chi connectivity index (χ4v) is 2.54. The summed E-state index contributed by atoms with van der Waals surface area (Å²) in [5.74, 6) is 0. The molecule has 1 heterocycles. The zero-order chi connectivity index (χ0) is 13.1. The quantitative estimate of drug-likeness (QED) is 0.765. The van der Waals surface area contributed by atoms with Gasteiger partial charge in [-0.1, -0.05) is 11.6 Å². The SMILES string of the molecule is Cc1ccc(N2CCN(C(C)C)CC2)c(C=O)c1. The molecule has 1 aliphatic rings. The number of rotatable bonds is 3. The van der Waals surface area contributed by atoms with Gasteiger partial charge in [0.05, 0.1) is 0 Å². The van der Waals surface area contributed by atoms with E-state index in [-0.39, 0.29) is 0 Å². The van der Waals surface area contributed by atoms with Gasteiger partial charge in [0.1, 0.15) is 0 Å². The van der Waals surface area contributed by atoms with Crippen molar-refractivity contribution >= 4 is 12.0 Å². The van der Waals surface area contributed by atoms with Crippen LogP contribution in [0.4, 0.5) is 5.69 Å². The predicted molar refractivity (Wildman–Crippen MR) is 75.5 cm³/mol. The summed E-state index contributed by atoms with van der Waals surface area (Å²) >= 11 is 0. The maximum atomic E-state index is 11.2. The molecule has 2 rings (SSSR count). The molecule has 3 heteroatoms. The molecular formula is C15H22N2O. The van der Waals surface area contributed by atoms with Gasteiger partial charge in [-0.15, -0.1) is 0 Å². The lowest BCUT2D eigenvalue weighted by molar-refractivity contribution is 0.112. The lowest BCUT2D eigenvalue weighted by atomic mass is 10.1. The maximum absolute atomic E-state index is 11.2. The summed E-state index contributed by atoms with van der Waals surface area (Å²) in [6.07, 6.45) is 0.969. The van der Waals surface area contributed by atoms with Gasteiger partial charge in [0, 0.05) is 43.5 Å². The van der Waals surface area contributed by atoms with Crippen molar-refractivity contribution in [3.05, 3.63) is 29.3 Å². The van der Waals surface area contributed by atoms with Crippen molar-refractivity contribution in [2.75, 3.05) is 31.1 Å². The lowest BCUT2D eigenvalue weighted by Gasteiger charge is -2.38. The van der Waals surface area contributed by atoms with Crippen molar-refractivity contribution in [2.24, 2.45) is 0 Å². The molecule has 1 saturated heterocycles. The van der Waals surface area contributed by atoms with Gasteiger partial charge in [0.25, 0.3) is 0 Å². The second-order valence-corrected chi connectivity index (χ2v) is 5.30. The van der Waals surface area contributed by atoms with Gasteiger partial charge in [-0.3, -0.25) is 9.69 Å². The number of carbonyl (C=O) groups excluding carboxylic acids is 1. The summed E-state index contributed by atoms with van der Waals surface area (Å²) in [6, 6.07) is 6.73. The Morgan fingerprint density at radius 2 is 1.83 bits per heavy atom. The second-order valence-electron chi connectivity index (χ2n) is 5.30. The van der Waals surface area contributed by atoms with Gasteiger partial charge in [0.15, 0.2) is 6.29 Å². The fraction of sp³-hybridized carbons (Fsp3) is 0.533. The Kier molecular flexibility index (Phi) is 4.02. The average molecular weight is 246 g/mol. The monoisotopic (exact) mass is 246 g/mol. The van der Waals surface area contributed by atoms with E-state index in [1.165, 1.54) is 0 Å². The molecule has 98 valence electrons. The van der Waals surface area contributed by atoms with E-state index in [1.807, 2.05) is 13.0 Å².